The number of carbonyl (C=O) groups excluding carboxylic acids is 1. The van der Waals surface area contributed by atoms with Gasteiger partial charge in [0.05, 0.1) is 11.3 Å². The number of amides is 1. The first-order valence-electron chi connectivity index (χ1n) is 8.78. The molecule has 0 saturated heterocycles. The second kappa shape index (κ2) is 7.92. The molecule has 0 aliphatic heterocycles. The van der Waals surface area contributed by atoms with Gasteiger partial charge in [-0.05, 0) is 59.3 Å². The van der Waals surface area contributed by atoms with Crippen molar-refractivity contribution in [2.75, 3.05) is 5.32 Å². The summed E-state index contributed by atoms with van der Waals surface area (Å²) in [5.74, 6) is 0.988. The zero-order valence-corrected chi connectivity index (χ0v) is 17.0. The summed E-state index contributed by atoms with van der Waals surface area (Å²) in [7, 11) is 0. The van der Waals surface area contributed by atoms with E-state index in [0.29, 0.717) is 34.1 Å². The van der Waals surface area contributed by atoms with Gasteiger partial charge in [-0.1, -0.05) is 12.1 Å². The van der Waals surface area contributed by atoms with Crippen molar-refractivity contribution < 1.29 is 14.1 Å². The summed E-state index contributed by atoms with van der Waals surface area (Å²) in [6.45, 7) is 1.89. The number of rotatable bonds is 5. The lowest BCUT2D eigenvalue weighted by molar-refractivity contribution is 0.102. The number of aryl methyl sites for hydroxylation is 1. The first kappa shape index (κ1) is 18.9. The molecule has 146 valence electrons. The van der Waals surface area contributed by atoms with E-state index in [-0.39, 0.29) is 18.1 Å². The fraction of sp³-hybridized carbons (Fsp3) is 0.0952. The minimum absolute atomic E-state index is 0.138. The van der Waals surface area contributed by atoms with Crippen LogP contribution >= 0.6 is 15.9 Å². The van der Waals surface area contributed by atoms with Crippen LogP contribution in [0.4, 0.5) is 5.69 Å². The monoisotopic (exact) mass is 453 g/mol. The van der Waals surface area contributed by atoms with Crippen molar-refractivity contribution in [1.29, 1.82) is 0 Å². The number of anilines is 1. The minimum Gasteiger partial charge on any atom is -0.487 e. The quantitative estimate of drug-likeness (QED) is 0.489. The second-order valence-electron chi connectivity index (χ2n) is 6.33. The number of benzene rings is 2. The molecule has 2 aromatic carbocycles. The van der Waals surface area contributed by atoms with Gasteiger partial charge in [0.2, 0.25) is 0 Å². The van der Waals surface area contributed by atoms with E-state index in [1.807, 2.05) is 12.1 Å². The lowest BCUT2D eigenvalue weighted by Gasteiger charge is -2.09. The first-order chi connectivity index (χ1) is 14.0. The van der Waals surface area contributed by atoms with Crippen LogP contribution in [0.3, 0.4) is 0 Å². The normalized spacial score (nSPS) is 10.8. The number of nitrogens with zero attached hydrogens (tertiary/aromatic N) is 2. The molecule has 0 radical (unpaired) electrons. The van der Waals surface area contributed by atoms with E-state index >= 15 is 0 Å². The molecule has 1 N–H and O–H groups in total. The topological polar surface area (TPSA) is 85.8 Å². The summed E-state index contributed by atoms with van der Waals surface area (Å²) in [5, 5.41) is 2.84. The highest BCUT2D eigenvalue weighted by Gasteiger charge is 2.10. The molecule has 2 aromatic heterocycles. The third-order valence-corrected chi connectivity index (χ3v) is 4.83. The van der Waals surface area contributed by atoms with Gasteiger partial charge >= 0.3 is 0 Å². The predicted octanol–water partition coefficient (Wildman–Crippen LogP) is 4.19. The maximum Gasteiger partial charge on any atom is 0.287 e. The summed E-state index contributed by atoms with van der Waals surface area (Å²) >= 11 is 3.37. The molecular weight excluding hydrogens is 438 g/mol. The molecule has 2 heterocycles. The summed E-state index contributed by atoms with van der Waals surface area (Å²) in [6.07, 6.45) is 0. The van der Waals surface area contributed by atoms with Gasteiger partial charge < -0.3 is 14.6 Å². The van der Waals surface area contributed by atoms with Gasteiger partial charge in [-0.15, -0.1) is 4.57 Å². The maximum atomic E-state index is 12.4. The number of fused-ring (bicyclic) bond motifs is 1. The molecule has 8 heteroatoms. The Morgan fingerprint density at radius 1 is 1.17 bits per heavy atom. The number of hydrogen-bond acceptors (Lipinski definition) is 5. The zero-order valence-electron chi connectivity index (χ0n) is 15.4. The van der Waals surface area contributed by atoms with E-state index in [9.17, 15) is 9.59 Å². The molecule has 0 atom stereocenters. The SMILES string of the molecule is Cc1cc2nc(COc3ccc(NC(=O)c4ccccc4Br)cc3)cc(=O)n2o1. The van der Waals surface area contributed by atoms with E-state index in [0.717, 1.165) is 9.05 Å². The number of carbonyl (C=O) groups is 1. The Morgan fingerprint density at radius 2 is 1.93 bits per heavy atom. The molecule has 0 aliphatic rings. The van der Waals surface area contributed by atoms with E-state index in [1.54, 1.807) is 49.4 Å². The molecule has 1 amide bonds. The molecule has 0 saturated carbocycles. The Kier molecular flexibility index (Phi) is 5.18. The summed E-state index contributed by atoms with van der Waals surface area (Å²) in [5.41, 5.74) is 1.84. The molecule has 0 spiro atoms. The lowest BCUT2D eigenvalue weighted by atomic mass is 10.2. The van der Waals surface area contributed by atoms with Gasteiger partial charge in [0.25, 0.3) is 11.5 Å². The van der Waals surface area contributed by atoms with Crippen LogP contribution in [0.1, 0.15) is 21.8 Å². The largest absolute Gasteiger partial charge is 0.487 e. The van der Waals surface area contributed by atoms with Crippen molar-refractivity contribution in [3.63, 3.8) is 0 Å². The summed E-state index contributed by atoms with van der Waals surface area (Å²) < 4.78 is 12.8. The van der Waals surface area contributed by atoms with Gasteiger partial charge in [-0.2, -0.15) is 0 Å². The molecule has 0 aliphatic carbocycles. The number of hydrogen-bond donors (Lipinski definition) is 1. The van der Waals surface area contributed by atoms with Crippen LogP contribution in [0, 0.1) is 6.92 Å². The second-order valence-corrected chi connectivity index (χ2v) is 7.19. The van der Waals surface area contributed by atoms with E-state index in [4.69, 9.17) is 9.26 Å². The Bertz CT molecular complexity index is 1250. The van der Waals surface area contributed by atoms with Crippen molar-refractivity contribution in [2.24, 2.45) is 0 Å². The van der Waals surface area contributed by atoms with Crippen molar-refractivity contribution in [2.45, 2.75) is 13.5 Å². The summed E-state index contributed by atoms with van der Waals surface area (Å²) in [6, 6.07) is 17.2. The maximum absolute atomic E-state index is 12.4. The fourth-order valence-electron chi connectivity index (χ4n) is 2.78. The molecular formula is C21H16BrN3O4. The number of ether oxygens (including phenoxy) is 1. The predicted molar refractivity (Wildman–Crippen MR) is 111 cm³/mol. The molecule has 29 heavy (non-hydrogen) atoms. The van der Waals surface area contributed by atoms with Crippen molar-refractivity contribution in [3.05, 3.63) is 92.5 Å². The molecule has 7 nitrogen and oxygen atoms in total. The third-order valence-electron chi connectivity index (χ3n) is 4.14. The van der Waals surface area contributed by atoms with Crippen molar-refractivity contribution in [1.82, 2.24) is 9.56 Å². The first-order valence-corrected chi connectivity index (χ1v) is 9.57. The molecule has 0 bridgehead atoms. The summed E-state index contributed by atoms with van der Waals surface area (Å²) in [4.78, 5) is 28.7. The molecule has 4 rings (SSSR count). The highest BCUT2D eigenvalue weighted by Crippen LogP contribution is 2.20. The van der Waals surface area contributed by atoms with Gasteiger partial charge in [-0.25, -0.2) is 4.98 Å². The van der Waals surface area contributed by atoms with Crippen LogP contribution in [0.5, 0.6) is 5.75 Å². The van der Waals surface area contributed by atoms with Crippen LogP contribution in [0.25, 0.3) is 5.65 Å². The Hall–Kier alpha value is -3.39. The minimum atomic E-state index is -0.299. The van der Waals surface area contributed by atoms with Crippen LogP contribution in [0.15, 0.2) is 74.5 Å². The van der Waals surface area contributed by atoms with Crippen molar-refractivity contribution >= 4 is 33.2 Å². The van der Waals surface area contributed by atoms with Gasteiger partial charge in [0.15, 0.2) is 5.65 Å². The smallest absolute Gasteiger partial charge is 0.287 e. The highest BCUT2D eigenvalue weighted by molar-refractivity contribution is 9.10. The highest BCUT2D eigenvalue weighted by atomic mass is 79.9. The van der Waals surface area contributed by atoms with Crippen LogP contribution in [-0.4, -0.2) is 15.5 Å². The Balaban J connectivity index is 1.41. The zero-order chi connectivity index (χ0) is 20.4. The van der Waals surface area contributed by atoms with Gasteiger partial charge in [-0.3, -0.25) is 9.59 Å². The van der Waals surface area contributed by atoms with E-state index in [2.05, 4.69) is 26.2 Å². The average molecular weight is 454 g/mol. The number of halogens is 1. The molecule has 0 unspecified atom stereocenters. The van der Waals surface area contributed by atoms with Gasteiger partial charge in [0.1, 0.15) is 18.1 Å². The average Bonchev–Trinajstić information content (AvgIpc) is 3.08. The standard InChI is InChI=1S/C21H16BrN3O4/c1-13-10-19-23-15(11-20(26)25(19)29-13)12-28-16-8-6-14(7-9-16)24-21(27)17-4-2-3-5-18(17)22/h2-11H,12H2,1H3,(H,24,27). The Morgan fingerprint density at radius 3 is 2.69 bits per heavy atom. The molecule has 4 aromatic rings. The third kappa shape index (κ3) is 4.22. The number of nitrogens with one attached hydrogen (secondary N) is 1. The van der Waals surface area contributed by atoms with Crippen LogP contribution in [-0.2, 0) is 6.61 Å². The Labute approximate surface area is 174 Å². The van der Waals surface area contributed by atoms with E-state index < -0.39 is 0 Å². The van der Waals surface area contributed by atoms with Crippen LogP contribution < -0.4 is 15.6 Å². The van der Waals surface area contributed by atoms with E-state index in [1.165, 1.54) is 6.07 Å². The molecule has 0 fully saturated rings. The van der Waals surface area contributed by atoms with Crippen LogP contribution in [0.2, 0.25) is 0 Å². The van der Waals surface area contributed by atoms with Crippen molar-refractivity contribution in [3.8, 4) is 5.75 Å². The lowest BCUT2D eigenvalue weighted by Crippen LogP contribution is -2.14. The van der Waals surface area contributed by atoms with Gasteiger partial charge in [0, 0.05) is 22.3 Å². The fourth-order valence-corrected chi connectivity index (χ4v) is 3.25. The number of aromatic nitrogens is 2.